The molecule has 0 radical (unpaired) electrons. The van der Waals surface area contributed by atoms with Crippen molar-refractivity contribution < 1.29 is 9.18 Å². The van der Waals surface area contributed by atoms with Crippen molar-refractivity contribution in [3.8, 4) is 0 Å². The Balaban J connectivity index is 1.72. The Labute approximate surface area is 146 Å². The van der Waals surface area contributed by atoms with Gasteiger partial charge in [0.1, 0.15) is 10.8 Å². The summed E-state index contributed by atoms with van der Waals surface area (Å²) in [5.74, 6) is -0.743. The number of carbonyl (C=O) groups is 1. The summed E-state index contributed by atoms with van der Waals surface area (Å²) in [6.07, 6.45) is 1.48. The molecule has 0 spiro atoms. The second kappa shape index (κ2) is 6.78. The molecule has 0 atom stereocenters. The number of piperazine rings is 1. The normalized spacial score (nSPS) is 14.8. The van der Waals surface area contributed by atoms with Gasteiger partial charge < -0.3 is 9.80 Å². The van der Waals surface area contributed by atoms with Crippen molar-refractivity contribution in [1.82, 2.24) is 15.1 Å². The van der Waals surface area contributed by atoms with Crippen molar-refractivity contribution in [2.75, 3.05) is 31.1 Å². The summed E-state index contributed by atoms with van der Waals surface area (Å²) in [6.45, 7) is 1.84. The molecule has 2 aromatic rings. The number of halogens is 3. The minimum atomic E-state index is -0.488. The van der Waals surface area contributed by atoms with Gasteiger partial charge in [-0.05, 0) is 18.2 Å². The third-order valence-corrected chi connectivity index (χ3v) is 4.52. The first-order chi connectivity index (χ1) is 11.5. The molecule has 1 aliphatic heterocycles. The molecule has 0 bridgehead atoms. The number of hydrogen-bond acceptors (Lipinski definition) is 4. The molecule has 0 saturated carbocycles. The van der Waals surface area contributed by atoms with Crippen molar-refractivity contribution in [2.24, 2.45) is 0 Å². The first-order valence-corrected chi connectivity index (χ1v) is 7.95. The van der Waals surface area contributed by atoms with E-state index >= 15 is 0 Å². The third-order valence-electron chi connectivity index (χ3n) is 3.85. The van der Waals surface area contributed by atoms with Crippen molar-refractivity contribution in [2.45, 2.75) is 0 Å². The number of H-pyrrole nitrogens is 1. The standard InChI is InChI=1S/C15H13Cl2FN4O2/c16-11-7-9(18)1-2-10(11)15(24)22-5-3-21(4-6-22)12-8-19-20-14(23)13(12)17/h1-2,7-8H,3-6H2,(H,20,23). The van der Waals surface area contributed by atoms with E-state index in [0.29, 0.717) is 31.9 Å². The van der Waals surface area contributed by atoms with Crippen LogP contribution in [0.3, 0.4) is 0 Å². The highest BCUT2D eigenvalue weighted by atomic mass is 35.5. The lowest BCUT2D eigenvalue weighted by molar-refractivity contribution is 0.0747. The van der Waals surface area contributed by atoms with E-state index in [1.165, 1.54) is 18.3 Å². The molecule has 0 unspecified atom stereocenters. The summed E-state index contributed by atoms with van der Waals surface area (Å²) in [5.41, 5.74) is 0.348. The molecular weight excluding hydrogens is 358 g/mol. The van der Waals surface area contributed by atoms with Gasteiger partial charge in [-0.25, -0.2) is 9.49 Å². The van der Waals surface area contributed by atoms with Gasteiger partial charge in [0, 0.05) is 26.2 Å². The van der Waals surface area contributed by atoms with E-state index in [1.54, 1.807) is 4.90 Å². The van der Waals surface area contributed by atoms with Gasteiger partial charge in [0.15, 0.2) is 0 Å². The van der Waals surface area contributed by atoms with Crippen molar-refractivity contribution >= 4 is 34.8 Å². The van der Waals surface area contributed by atoms with Crippen LogP contribution in [0.1, 0.15) is 10.4 Å². The fourth-order valence-electron chi connectivity index (χ4n) is 2.58. The summed E-state index contributed by atoms with van der Waals surface area (Å²) < 4.78 is 13.1. The van der Waals surface area contributed by atoms with Crippen LogP contribution < -0.4 is 10.5 Å². The number of carbonyl (C=O) groups excluding carboxylic acids is 1. The molecule has 2 heterocycles. The van der Waals surface area contributed by atoms with Gasteiger partial charge in [0.2, 0.25) is 0 Å². The average molecular weight is 371 g/mol. The molecular formula is C15H13Cl2FN4O2. The zero-order valence-corrected chi connectivity index (χ0v) is 13.9. The molecule has 126 valence electrons. The lowest BCUT2D eigenvalue weighted by Crippen LogP contribution is -2.49. The van der Waals surface area contributed by atoms with Gasteiger partial charge >= 0.3 is 0 Å². The largest absolute Gasteiger partial charge is 0.365 e. The fraction of sp³-hybridized carbons (Fsp3) is 0.267. The lowest BCUT2D eigenvalue weighted by atomic mass is 10.1. The van der Waals surface area contributed by atoms with Crippen LogP contribution in [0.25, 0.3) is 0 Å². The maximum Gasteiger partial charge on any atom is 0.285 e. The number of nitrogens with zero attached hydrogens (tertiary/aromatic N) is 3. The smallest absolute Gasteiger partial charge is 0.285 e. The zero-order chi connectivity index (χ0) is 17.3. The number of hydrogen-bond donors (Lipinski definition) is 1. The van der Waals surface area contributed by atoms with E-state index in [4.69, 9.17) is 23.2 Å². The summed E-state index contributed by atoms with van der Waals surface area (Å²) in [6, 6.07) is 3.70. The molecule has 1 aromatic heterocycles. The van der Waals surface area contributed by atoms with Crippen LogP contribution in [-0.4, -0.2) is 47.2 Å². The van der Waals surface area contributed by atoms with Crippen LogP contribution in [0.2, 0.25) is 10.0 Å². The van der Waals surface area contributed by atoms with E-state index in [1.807, 2.05) is 4.90 Å². The maximum atomic E-state index is 13.1. The van der Waals surface area contributed by atoms with Gasteiger partial charge in [-0.1, -0.05) is 23.2 Å². The predicted molar refractivity (Wildman–Crippen MR) is 89.4 cm³/mol. The molecule has 0 aliphatic carbocycles. The van der Waals surface area contributed by atoms with E-state index in [9.17, 15) is 14.0 Å². The Morgan fingerprint density at radius 3 is 2.58 bits per heavy atom. The van der Waals surface area contributed by atoms with Crippen LogP contribution >= 0.6 is 23.2 Å². The molecule has 6 nitrogen and oxygen atoms in total. The molecule has 9 heteroatoms. The van der Waals surface area contributed by atoms with Gasteiger partial charge in [0.05, 0.1) is 22.5 Å². The van der Waals surface area contributed by atoms with E-state index < -0.39 is 11.4 Å². The number of amides is 1. The highest BCUT2D eigenvalue weighted by Crippen LogP contribution is 2.23. The van der Waals surface area contributed by atoms with Gasteiger partial charge in [0.25, 0.3) is 11.5 Å². The molecule has 1 aliphatic rings. The highest BCUT2D eigenvalue weighted by molar-refractivity contribution is 6.34. The Morgan fingerprint density at radius 2 is 1.92 bits per heavy atom. The molecule has 1 N–H and O–H groups in total. The molecule has 1 aromatic carbocycles. The molecule has 1 saturated heterocycles. The topological polar surface area (TPSA) is 69.3 Å². The SMILES string of the molecule is O=C(c1ccc(F)cc1Cl)N1CCN(c2cn[nH]c(=O)c2Cl)CC1. The van der Waals surface area contributed by atoms with Crippen molar-refractivity contribution in [3.63, 3.8) is 0 Å². The van der Waals surface area contributed by atoms with Gasteiger partial charge in [-0.3, -0.25) is 9.59 Å². The molecule has 3 rings (SSSR count). The molecule has 24 heavy (non-hydrogen) atoms. The van der Waals surface area contributed by atoms with E-state index in [2.05, 4.69) is 10.2 Å². The zero-order valence-electron chi connectivity index (χ0n) is 12.4. The second-order valence-electron chi connectivity index (χ2n) is 5.30. The number of rotatable bonds is 2. The Hall–Kier alpha value is -2.12. The van der Waals surface area contributed by atoms with E-state index in [-0.39, 0.29) is 21.5 Å². The summed E-state index contributed by atoms with van der Waals surface area (Å²) >= 11 is 11.9. The quantitative estimate of drug-likeness (QED) is 0.879. The van der Waals surface area contributed by atoms with Crippen LogP contribution in [0.5, 0.6) is 0 Å². The monoisotopic (exact) mass is 370 g/mol. The minimum Gasteiger partial charge on any atom is -0.365 e. The van der Waals surface area contributed by atoms with Crippen LogP contribution in [0.4, 0.5) is 10.1 Å². The van der Waals surface area contributed by atoms with E-state index in [0.717, 1.165) is 6.07 Å². The van der Waals surface area contributed by atoms with Gasteiger partial charge in [-0.15, -0.1) is 0 Å². The number of nitrogens with one attached hydrogen (secondary N) is 1. The van der Waals surface area contributed by atoms with Crippen LogP contribution in [0, 0.1) is 5.82 Å². The van der Waals surface area contributed by atoms with Crippen molar-refractivity contribution in [3.05, 3.63) is 56.2 Å². The second-order valence-corrected chi connectivity index (χ2v) is 6.09. The van der Waals surface area contributed by atoms with Crippen LogP contribution in [0.15, 0.2) is 29.2 Å². The number of aromatic nitrogens is 2. The molecule has 1 fully saturated rings. The number of benzene rings is 1. The molecule has 1 amide bonds. The highest BCUT2D eigenvalue weighted by Gasteiger charge is 2.25. The predicted octanol–water partition coefficient (Wildman–Crippen LogP) is 2.18. The summed E-state index contributed by atoms with van der Waals surface area (Å²) in [4.78, 5) is 27.5. The number of aromatic amines is 1. The maximum absolute atomic E-state index is 13.1. The first kappa shape index (κ1) is 16.7. The summed E-state index contributed by atoms with van der Waals surface area (Å²) in [5, 5.41) is 6.17. The Bertz CT molecular complexity index is 834. The average Bonchev–Trinajstić information content (AvgIpc) is 2.57. The van der Waals surface area contributed by atoms with Gasteiger partial charge in [-0.2, -0.15) is 5.10 Å². The third kappa shape index (κ3) is 3.22. The Kier molecular flexibility index (Phi) is 4.73. The van der Waals surface area contributed by atoms with Crippen molar-refractivity contribution in [1.29, 1.82) is 0 Å². The summed E-state index contributed by atoms with van der Waals surface area (Å²) in [7, 11) is 0. The first-order valence-electron chi connectivity index (χ1n) is 7.20. The van der Waals surface area contributed by atoms with Crippen LogP contribution in [-0.2, 0) is 0 Å². The Morgan fingerprint density at radius 1 is 1.21 bits per heavy atom. The number of anilines is 1. The lowest BCUT2D eigenvalue weighted by Gasteiger charge is -2.36. The fourth-order valence-corrected chi connectivity index (χ4v) is 3.04. The minimum absolute atomic E-state index is 0.0753.